The van der Waals surface area contributed by atoms with E-state index in [1.54, 1.807) is 12.3 Å². The minimum Gasteiger partial charge on any atom is -0.287 e. The summed E-state index contributed by atoms with van der Waals surface area (Å²) in [4.78, 5) is 16.4. The zero-order chi connectivity index (χ0) is 12.4. The zero-order valence-electron chi connectivity index (χ0n) is 9.70. The first-order chi connectivity index (χ1) is 8.09. The summed E-state index contributed by atoms with van der Waals surface area (Å²) in [7, 11) is 0. The maximum absolute atomic E-state index is 12.3. The molecular weight excluding hydrogens is 278 g/mol. The van der Waals surface area contributed by atoms with Crippen molar-refractivity contribution in [2.24, 2.45) is 0 Å². The highest BCUT2D eigenvalue weighted by Crippen LogP contribution is 2.20. The number of aromatic nitrogens is 1. The van der Waals surface area contributed by atoms with E-state index >= 15 is 0 Å². The molecule has 1 aromatic carbocycles. The second kappa shape index (κ2) is 4.80. The molecule has 0 radical (unpaired) electrons. The number of pyridine rings is 1. The highest BCUT2D eigenvalue weighted by atomic mass is 79.9. The number of carbonyl (C=O) groups excluding carboxylic acids is 1. The van der Waals surface area contributed by atoms with Crippen molar-refractivity contribution in [3.05, 3.63) is 63.4 Å². The number of ketones is 1. The largest absolute Gasteiger partial charge is 0.287 e. The molecule has 1 aromatic heterocycles. The number of hydrogen-bond acceptors (Lipinski definition) is 2. The number of nitrogens with zero attached hydrogens (tertiary/aromatic N) is 1. The van der Waals surface area contributed by atoms with Crippen molar-refractivity contribution in [3.63, 3.8) is 0 Å². The van der Waals surface area contributed by atoms with Crippen LogP contribution in [-0.2, 0) is 0 Å². The molecular formula is C14H12BrNO. The minimum atomic E-state index is -0.0463. The predicted molar refractivity (Wildman–Crippen MR) is 71.3 cm³/mol. The van der Waals surface area contributed by atoms with Gasteiger partial charge in [-0.2, -0.15) is 0 Å². The first kappa shape index (κ1) is 12.0. The number of benzene rings is 1. The summed E-state index contributed by atoms with van der Waals surface area (Å²) < 4.78 is 0.727. The fraction of sp³-hybridized carbons (Fsp3) is 0.143. The van der Waals surface area contributed by atoms with Crippen LogP contribution < -0.4 is 0 Å². The summed E-state index contributed by atoms with van der Waals surface area (Å²) in [6.07, 6.45) is 1.63. The van der Waals surface area contributed by atoms with Crippen LogP contribution in [0.1, 0.15) is 27.2 Å². The van der Waals surface area contributed by atoms with Crippen LogP contribution in [0.5, 0.6) is 0 Å². The van der Waals surface area contributed by atoms with Crippen molar-refractivity contribution in [3.8, 4) is 0 Å². The second-order valence-corrected chi connectivity index (χ2v) is 4.84. The van der Waals surface area contributed by atoms with Gasteiger partial charge in [0, 0.05) is 16.2 Å². The molecule has 0 saturated carbocycles. The van der Waals surface area contributed by atoms with Crippen molar-refractivity contribution in [2.45, 2.75) is 13.8 Å². The van der Waals surface area contributed by atoms with Crippen LogP contribution in [0.4, 0.5) is 0 Å². The summed E-state index contributed by atoms with van der Waals surface area (Å²) in [6.45, 7) is 3.95. The van der Waals surface area contributed by atoms with E-state index in [2.05, 4.69) is 20.9 Å². The van der Waals surface area contributed by atoms with Gasteiger partial charge in [-0.25, -0.2) is 0 Å². The van der Waals surface area contributed by atoms with Crippen LogP contribution >= 0.6 is 15.9 Å². The molecule has 0 unspecified atom stereocenters. The lowest BCUT2D eigenvalue weighted by Crippen LogP contribution is -2.07. The third kappa shape index (κ3) is 2.44. The highest BCUT2D eigenvalue weighted by Gasteiger charge is 2.15. The lowest BCUT2D eigenvalue weighted by molar-refractivity contribution is 0.103. The summed E-state index contributed by atoms with van der Waals surface area (Å²) in [5.74, 6) is -0.0463. The molecule has 17 heavy (non-hydrogen) atoms. The molecule has 2 rings (SSSR count). The molecule has 2 aromatic rings. The van der Waals surface area contributed by atoms with Gasteiger partial charge in [-0.1, -0.05) is 23.8 Å². The topological polar surface area (TPSA) is 30.0 Å². The third-order valence-corrected chi connectivity index (χ3v) is 3.24. The molecule has 0 saturated heterocycles. The number of carbonyl (C=O) groups is 1. The van der Waals surface area contributed by atoms with Crippen LogP contribution in [-0.4, -0.2) is 10.8 Å². The summed E-state index contributed by atoms with van der Waals surface area (Å²) >= 11 is 3.35. The maximum Gasteiger partial charge on any atom is 0.212 e. The Morgan fingerprint density at radius 3 is 2.65 bits per heavy atom. The molecule has 0 N–H and O–H groups in total. The average Bonchev–Trinajstić information content (AvgIpc) is 2.29. The SMILES string of the molecule is Cc1ccc(C(=O)c2ncccc2Br)c(C)c1. The highest BCUT2D eigenvalue weighted by molar-refractivity contribution is 9.10. The van der Waals surface area contributed by atoms with E-state index in [4.69, 9.17) is 0 Å². The van der Waals surface area contributed by atoms with Gasteiger partial charge < -0.3 is 0 Å². The second-order valence-electron chi connectivity index (χ2n) is 3.98. The maximum atomic E-state index is 12.3. The first-order valence-electron chi connectivity index (χ1n) is 5.32. The van der Waals surface area contributed by atoms with E-state index in [0.29, 0.717) is 11.3 Å². The van der Waals surface area contributed by atoms with Crippen LogP contribution in [0, 0.1) is 13.8 Å². The lowest BCUT2D eigenvalue weighted by Gasteiger charge is -2.06. The van der Waals surface area contributed by atoms with Gasteiger partial charge in [0.25, 0.3) is 0 Å². The molecule has 0 aliphatic heterocycles. The van der Waals surface area contributed by atoms with Crippen LogP contribution in [0.15, 0.2) is 41.0 Å². The van der Waals surface area contributed by atoms with Gasteiger partial charge in [-0.3, -0.25) is 9.78 Å². The van der Waals surface area contributed by atoms with Gasteiger partial charge in [0.2, 0.25) is 5.78 Å². The van der Waals surface area contributed by atoms with Gasteiger partial charge in [-0.15, -0.1) is 0 Å². The predicted octanol–water partition coefficient (Wildman–Crippen LogP) is 3.69. The van der Waals surface area contributed by atoms with E-state index < -0.39 is 0 Å². The molecule has 2 nitrogen and oxygen atoms in total. The van der Waals surface area contributed by atoms with Gasteiger partial charge in [0.15, 0.2) is 0 Å². The van der Waals surface area contributed by atoms with Gasteiger partial charge in [0.05, 0.1) is 0 Å². The van der Waals surface area contributed by atoms with Crippen molar-refractivity contribution in [1.82, 2.24) is 4.98 Å². The molecule has 1 heterocycles. The van der Waals surface area contributed by atoms with E-state index in [9.17, 15) is 4.79 Å². The van der Waals surface area contributed by atoms with Gasteiger partial charge in [0.1, 0.15) is 5.69 Å². The molecule has 0 aliphatic carbocycles. The molecule has 0 fully saturated rings. The van der Waals surface area contributed by atoms with Crippen LogP contribution in [0.2, 0.25) is 0 Å². The van der Waals surface area contributed by atoms with E-state index in [1.165, 1.54) is 0 Å². The van der Waals surface area contributed by atoms with Crippen LogP contribution in [0.25, 0.3) is 0 Å². The van der Waals surface area contributed by atoms with Gasteiger partial charge in [-0.05, 0) is 47.5 Å². The number of aryl methyl sites for hydroxylation is 2. The molecule has 3 heteroatoms. The van der Waals surface area contributed by atoms with E-state index in [-0.39, 0.29) is 5.78 Å². The zero-order valence-corrected chi connectivity index (χ0v) is 11.3. The Labute approximate surface area is 109 Å². The third-order valence-electron chi connectivity index (χ3n) is 2.60. The normalized spacial score (nSPS) is 10.3. The van der Waals surface area contributed by atoms with Crippen molar-refractivity contribution in [2.75, 3.05) is 0 Å². The summed E-state index contributed by atoms with van der Waals surface area (Å²) in [5.41, 5.74) is 3.29. The molecule has 0 bridgehead atoms. The first-order valence-corrected chi connectivity index (χ1v) is 6.11. The Morgan fingerprint density at radius 2 is 2.00 bits per heavy atom. The number of halogens is 1. The molecule has 0 aliphatic rings. The average molecular weight is 290 g/mol. The number of hydrogen-bond donors (Lipinski definition) is 0. The minimum absolute atomic E-state index is 0.0463. The fourth-order valence-corrected chi connectivity index (χ4v) is 2.18. The molecule has 0 atom stereocenters. The Hall–Kier alpha value is -1.48. The van der Waals surface area contributed by atoms with E-state index in [0.717, 1.165) is 15.6 Å². The fourth-order valence-electron chi connectivity index (χ4n) is 1.75. The molecule has 0 amide bonds. The number of rotatable bonds is 2. The van der Waals surface area contributed by atoms with Crippen molar-refractivity contribution in [1.29, 1.82) is 0 Å². The molecule has 86 valence electrons. The van der Waals surface area contributed by atoms with Gasteiger partial charge >= 0.3 is 0 Å². The van der Waals surface area contributed by atoms with Crippen molar-refractivity contribution < 1.29 is 4.79 Å². The van der Waals surface area contributed by atoms with E-state index in [1.807, 2.05) is 38.1 Å². The Kier molecular flexibility index (Phi) is 3.38. The Morgan fingerprint density at radius 1 is 1.24 bits per heavy atom. The van der Waals surface area contributed by atoms with Crippen molar-refractivity contribution >= 4 is 21.7 Å². The standard InChI is InChI=1S/C14H12BrNO/c1-9-5-6-11(10(2)8-9)14(17)13-12(15)4-3-7-16-13/h3-8H,1-2H3. The molecule has 0 spiro atoms. The smallest absolute Gasteiger partial charge is 0.212 e. The quantitative estimate of drug-likeness (QED) is 0.789. The van der Waals surface area contributed by atoms with Crippen LogP contribution in [0.3, 0.4) is 0 Å². The lowest BCUT2D eigenvalue weighted by atomic mass is 10.0. The Bertz CT molecular complexity index is 578. The monoisotopic (exact) mass is 289 g/mol. The Balaban J connectivity index is 2.48. The summed E-state index contributed by atoms with van der Waals surface area (Å²) in [6, 6.07) is 9.42. The summed E-state index contributed by atoms with van der Waals surface area (Å²) in [5, 5.41) is 0.